The third-order valence-corrected chi connectivity index (χ3v) is 5.61. The zero-order valence-corrected chi connectivity index (χ0v) is 17.0. The molecule has 0 fully saturated rings. The van der Waals surface area contributed by atoms with Gasteiger partial charge in [-0.3, -0.25) is 4.79 Å². The first-order valence-electron chi connectivity index (χ1n) is 8.96. The van der Waals surface area contributed by atoms with E-state index in [4.69, 9.17) is 4.74 Å². The predicted octanol–water partition coefficient (Wildman–Crippen LogP) is 4.05. The van der Waals surface area contributed by atoms with E-state index in [1.54, 1.807) is 48.5 Å². The van der Waals surface area contributed by atoms with E-state index in [1.807, 2.05) is 36.4 Å². The number of hydrogen-bond acceptors (Lipinski definition) is 4. The van der Waals surface area contributed by atoms with Crippen molar-refractivity contribution < 1.29 is 17.9 Å². The summed E-state index contributed by atoms with van der Waals surface area (Å²) in [7, 11) is -2.18. The number of likely N-dealkylation sites (N-methyl/N-ethyl adjacent to an activating group) is 1. The van der Waals surface area contributed by atoms with Crippen molar-refractivity contribution in [1.29, 1.82) is 0 Å². The molecule has 0 bridgehead atoms. The molecule has 3 aromatic rings. The van der Waals surface area contributed by atoms with Gasteiger partial charge in [0.25, 0.3) is 0 Å². The SMILES string of the molecule is CN(C(C(=O)Nc1ccc(Oc2ccccc2)cc1)c1ccccc1)S(C)(=O)=O. The summed E-state index contributed by atoms with van der Waals surface area (Å²) in [6.45, 7) is 0. The van der Waals surface area contributed by atoms with Crippen molar-refractivity contribution in [2.75, 3.05) is 18.6 Å². The fourth-order valence-corrected chi connectivity index (χ4v) is 3.40. The molecule has 0 saturated carbocycles. The number of hydrogen-bond donors (Lipinski definition) is 1. The molecule has 29 heavy (non-hydrogen) atoms. The van der Waals surface area contributed by atoms with Crippen LogP contribution < -0.4 is 10.1 Å². The Morgan fingerprint density at radius 2 is 1.38 bits per heavy atom. The van der Waals surface area contributed by atoms with Gasteiger partial charge >= 0.3 is 0 Å². The minimum atomic E-state index is -3.58. The average Bonchev–Trinajstić information content (AvgIpc) is 2.70. The Bertz CT molecular complexity index is 1050. The summed E-state index contributed by atoms with van der Waals surface area (Å²) in [5.74, 6) is 0.895. The summed E-state index contributed by atoms with van der Waals surface area (Å²) in [5.41, 5.74) is 1.13. The molecule has 6 nitrogen and oxygen atoms in total. The molecule has 3 rings (SSSR count). The van der Waals surface area contributed by atoms with Crippen molar-refractivity contribution in [1.82, 2.24) is 4.31 Å². The number of carbonyl (C=O) groups excluding carboxylic acids is 1. The van der Waals surface area contributed by atoms with Crippen molar-refractivity contribution >= 4 is 21.6 Å². The Hall–Kier alpha value is -3.16. The molecule has 0 radical (unpaired) electrons. The van der Waals surface area contributed by atoms with Crippen LogP contribution >= 0.6 is 0 Å². The molecule has 0 aliphatic heterocycles. The fraction of sp³-hybridized carbons (Fsp3) is 0.136. The number of sulfonamides is 1. The smallest absolute Gasteiger partial charge is 0.247 e. The van der Waals surface area contributed by atoms with E-state index < -0.39 is 22.0 Å². The third-order valence-electron chi connectivity index (χ3n) is 4.35. The number of amides is 1. The second kappa shape index (κ2) is 8.89. The Morgan fingerprint density at radius 1 is 0.862 bits per heavy atom. The Morgan fingerprint density at radius 3 is 1.93 bits per heavy atom. The van der Waals surface area contributed by atoms with Gasteiger partial charge in [-0.15, -0.1) is 0 Å². The molecular weight excluding hydrogens is 388 g/mol. The monoisotopic (exact) mass is 410 g/mol. The topological polar surface area (TPSA) is 75.7 Å². The largest absolute Gasteiger partial charge is 0.457 e. The van der Waals surface area contributed by atoms with Crippen molar-refractivity contribution in [3.05, 3.63) is 90.5 Å². The predicted molar refractivity (Wildman–Crippen MR) is 113 cm³/mol. The molecule has 0 spiro atoms. The van der Waals surface area contributed by atoms with Crippen LogP contribution in [0, 0.1) is 0 Å². The summed E-state index contributed by atoms with van der Waals surface area (Å²) in [5, 5.41) is 2.78. The molecule has 0 aromatic heterocycles. The first kappa shape index (κ1) is 20.6. The van der Waals surface area contributed by atoms with Crippen LogP contribution in [0.4, 0.5) is 5.69 Å². The number of carbonyl (C=O) groups is 1. The first-order chi connectivity index (χ1) is 13.8. The summed E-state index contributed by atoms with van der Waals surface area (Å²) in [6.07, 6.45) is 1.08. The second-order valence-electron chi connectivity index (χ2n) is 6.52. The lowest BCUT2D eigenvalue weighted by Crippen LogP contribution is -2.38. The number of nitrogens with one attached hydrogen (secondary N) is 1. The highest BCUT2D eigenvalue weighted by atomic mass is 32.2. The summed E-state index contributed by atoms with van der Waals surface area (Å²) >= 11 is 0. The number of ether oxygens (including phenoxy) is 1. The lowest BCUT2D eigenvalue weighted by atomic mass is 10.1. The molecule has 150 valence electrons. The van der Waals surface area contributed by atoms with Crippen LogP contribution in [0.25, 0.3) is 0 Å². The van der Waals surface area contributed by atoms with Gasteiger partial charge in [0.05, 0.1) is 6.26 Å². The van der Waals surface area contributed by atoms with Crippen LogP contribution in [0.1, 0.15) is 11.6 Å². The van der Waals surface area contributed by atoms with Crippen LogP contribution in [0.2, 0.25) is 0 Å². The molecular formula is C22H22N2O4S. The lowest BCUT2D eigenvalue weighted by molar-refractivity contribution is -0.119. The molecule has 3 aromatic carbocycles. The maximum atomic E-state index is 12.9. The molecule has 0 heterocycles. The third kappa shape index (κ3) is 5.43. The van der Waals surface area contributed by atoms with Gasteiger partial charge in [0.2, 0.25) is 15.9 Å². The molecule has 0 saturated heterocycles. The van der Waals surface area contributed by atoms with Gasteiger partial charge < -0.3 is 10.1 Å². The molecule has 0 aliphatic carbocycles. The van der Waals surface area contributed by atoms with E-state index >= 15 is 0 Å². The maximum Gasteiger partial charge on any atom is 0.247 e. The van der Waals surface area contributed by atoms with E-state index in [-0.39, 0.29) is 0 Å². The number of rotatable bonds is 7. The van der Waals surface area contributed by atoms with Crippen LogP contribution in [0.3, 0.4) is 0 Å². The first-order valence-corrected chi connectivity index (χ1v) is 10.8. The fourth-order valence-electron chi connectivity index (χ4n) is 2.79. The highest BCUT2D eigenvalue weighted by Crippen LogP contribution is 2.26. The van der Waals surface area contributed by atoms with Gasteiger partial charge in [0, 0.05) is 12.7 Å². The van der Waals surface area contributed by atoms with Crippen LogP contribution in [-0.4, -0.2) is 31.9 Å². The number of para-hydroxylation sites is 1. The van der Waals surface area contributed by atoms with E-state index in [0.717, 1.165) is 10.6 Å². The van der Waals surface area contributed by atoms with Crippen molar-refractivity contribution in [3.63, 3.8) is 0 Å². The van der Waals surface area contributed by atoms with E-state index in [0.29, 0.717) is 22.7 Å². The van der Waals surface area contributed by atoms with Gasteiger partial charge in [-0.1, -0.05) is 48.5 Å². The molecule has 1 amide bonds. The van der Waals surface area contributed by atoms with Crippen molar-refractivity contribution in [3.8, 4) is 11.5 Å². The number of anilines is 1. The zero-order chi connectivity index (χ0) is 20.9. The second-order valence-corrected chi connectivity index (χ2v) is 8.56. The van der Waals surface area contributed by atoms with Gasteiger partial charge in [-0.05, 0) is 42.0 Å². The number of benzene rings is 3. The molecule has 0 aliphatic rings. The van der Waals surface area contributed by atoms with Crippen LogP contribution in [-0.2, 0) is 14.8 Å². The van der Waals surface area contributed by atoms with Crippen LogP contribution in [0.15, 0.2) is 84.9 Å². The molecule has 7 heteroatoms. The van der Waals surface area contributed by atoms with Crippen LogP contribution in [0.5, 0.6) is 11.5 Å². The van der Waals surface area contributed by atoms with Crippen molar-refractivity contribution in [2.45, 2.75) is 6.04 Å². The van der Waals surface area contributed by atoms with E-state index in [2.05, 4.69) is 5.32 Å². The van der Waals surface area contributed by atoms with Crippen molar-refractivity contribution in [2.24, 2.45) is 0 Å². The minimum Gasteiger partial charge on any atom is -0.457 e. The maximum absolute atomic E-state index is 12.9. The van der Waals surface area contributed by atoms with E-state index in [1.165, 1.54) is 7.05 Å². The minimum absolute atomic E-state index is 0.444. The summed E-state index contributed by atoms with van der Waals surface area (Å²) < 4.78 is 30.9. The van der Waals surface area contributed by atoms with E-state index in [9.17, 15) is 13.2 Å². The quantitative estimate of drug-likeness (QED) is 0.638. The Balaban J connectivity index is 1.77. The molecule has 1 N–H and O–H groups in total. The standard InChI is InChI=1S/C22H22N2O4S/c1-24(29(2,26)27)21(17-9-5-3-6-10-17)22(25)23-18-13-15-20(16-14-18)28-19-11-7-4-8-12-19/h3-16,21H,1-2H3,(H,23,25). The van der Waals surface area contributed by atoms with Gasteiger partial charge in [0.1, 0.15) is 17.5 Å². The zero-order valence-electron chi connectivity index (χ0n) is 16.1. The summed E-state index contributed by atoms with van der Waals surface area (Å²) in [4.78, 5) is 12.9. The summed E-state index contributed by atoms with van der Waals surface area (Å²) in [6, 6.07) is 24.1. The average molecular weight is 410 g/mol. The van der Waals surface area contributed by atoms with Gasteiger partial charge in [0.15, 0.2) is 0 Å². The van der Waals surface area contributed by atoms with Gasteiger partial charge in [-0.25, -0.2) is 8.42 Å². The Labute approximate surface area is 170 Å². The highest BCUT2D eigenvalue weighted by molar-refractivity contribution is 7.88. The molecule has 1 atom stereocenters. The lowest BCUT2D eigenvalue weighted by Gasteiger charge is -2.25. The normalized spacial score (nSPS) is 12.4. The Kier molecular flexibility index (Phi) is 6.31. The van der Waals surface area contributed by atoms with Gasteiger partial charge in [-0.2, -0.15) is 4.31 Å². The number of nitrogens with zero attached hydrogens (tertiary/aromatic N) is 1. The molecule has 1 unspecified atom stereocenters. The highest BCUT2D eigenvalue weighted by Gasteiger charge is 2.30.